The first-order chi connectivity index (χ1) is 9.43. The van der Waals surface area contributed by atoms with Gasteiger partial charge in [0.15, 0.2) is 0 Å². The van der Waals surface area contributed by atoms with Crippen molar-refractivity contribution in [2.24, 2.45) is 5.73 Å². The molecule has 0 aliphatic carbocycles. The van der Waals surface area contributed by atoms with Gasteiger partial charge in [0.05, 0.1) is 6.61 Å². The summed E-state index contributed by atoms with van der Waals surface area (Å²) >= 11 is 0. The number of aromatic nitrogens is 6. The van der Waals surface area contributed by atoms with Crippen molar-refractivity contribution >= 4 is 11.9 Å². The number of carbonyl (C=O) groups excluding carboxylic acids is 2. The number of carbonyl (C=O) groups is 2. The minimum atomic E-state index is -0.612. The van der Waals surface area contributed by atoms with Crippen molar-refractivity contribution in [1.82, 2.24) is 36.5 Å². The Bertz CT molecular complexity index is 592. The Labute approximate surface area is 127 Å². The average molecular weight is 314 g/mol. The number of rotatable bonds is 3. The van der Waals surface area contributed by atoms with Gasteiger partial charge in [0, 0.05) is 0 Å². The van der Waals surface area contributed by atoms with Crippen LogP contribution in [0.15, 0.2) is 0 Å². The second-order valence-corrected chi connectivity index (χ2v) is 3.57. The van der Waals surface area contributed by atoms with Crippen LogP contribution in [0.2, 0.25) is 0 Å². The summed E-state index contributed by atoms with van der Waals surface area (Å²) in [5.41, 5.74) is 4.84. The predicted molar refractivity (Wildman–Crippen MR) is 78.5 cm³/mol. The summed E-state index contributed by atoms with van der Waals surface area (Å²) in [4.78, 5) is 28.6. The first kappa shape index (κ1) is 21.5. The molecule has 2 heterocycles. The van der Waals surface area contributed by atoms with E-state index in [0.29, 0.717) is 18.3 Å². The number of ether oxygens (including phenoxy) is 1. The number of esters is 1. The predicted octanol–water partition coefficient (Wildman–Crippen LogP) is 0.300. The fourth-order valence-corrected chi connectivity index (χ4v) is 1.08. The molecule has 0 spiro atoms. The average Bonchev–Trinajstić information content (AvgIpc) is 2.99. The molecule has 0 saturated carbocycles. The van der Waals surface area contributed by atoms with Crippen LogP contribution in [-0.4, -0.2) is 48.8 Å². The molecule has 0 bridgehead atoms. The van der Waals surface area contributed by atoms with E-state index in [1.54, 1.807) is 20.8 Å². The molecule has 2 aromatic heterocycles. The molecule has 0 fully saturated rings. The highest BCUT2D eigenvalue weighted by Gasteiger charge is 2.10. The Morgan fingerprint density at radius 2 is 1.55 bits per heavy atom. The van der Waals surface area contributed by atoms with Crippen molar-refractivity contribution < 1.29 is 14.3 Å². The van der Waals surface area contributed by atoms with Gasteiger partial charge in [-0.25, -0.2) is 14.8 Å². The molecule has 2 rings (SSSR count). The Morgan fingerprint density at radius 1 is 1.09 bits per heavy atom. The zero-order chi connectivity index (χ0) is 15.1. The molecule has 2 aromatic rings. The zero-order valence-electron chi connectivity index (χ0n) is 12.0. The van der Waals surface area contributed by atoms with Crippen molar-refractivity contribution in [3.05, 3.63) is 23.3 Å². The number of nitrogens with zero attached hydrogens (tertiary/aromatic N) is 4. The van der Waals surface area contributed by atoms with Crippen molar-refractivity contribution in [2.45, 2.75) is 28.2 Å². The lowest BCUT2D eigenvalue weighted by atomic mass is 10.6. The third-order valence-corrected chi connectivity index (χ3v) is 1.87. The van der Waals surface area contributed by atoms with E-state index >= 15 is 0 Å². The number of nitrogens with one attached hydrogen (secondary N) is 2. The van der Waals surface area contributed by atoms with Gasteiger partial charge in [-0.2, -0.15) is 0 Å². The minimum Gasteiger partial charge on any atom is -0.460 e. The van der Waals surface area contributed by atoms with Crippen LogP contribution in [0.3, 0.4) is 0 Å². The minimum absolute atomic E-state index is 0. The molecule has 0 aliphatic rings. The largest absolute Gasteiger partial charge is 0.460 e. The first-order valence-electron chi connectivity index (χ1n) is 5.69. The summed E-state index contributed by atoms with van der Waals surface area (Å²) < 4.78 is 4.66. The van der Waals surface area contributed by atoms with Gasteiger partial charge >= 0.3 is 5.97 Å². The van der Waals surface area contributed by atoms with Gasteiger partial charge in [-0.3, -0.25) is 15.0 Å². The summed E-state index contributed by atoms with van der Waals surface area (Å²) in [5, 5.41) is 12.2. The van der Waals surface area contributed by atoms with Crippen molar-refractivity contribution in [3.63, 3.8) is 0 Å². The van der Waals surface area contributed by atoms with Crippen LogP contribution in [-0.2, 0) is 4.74 Å². The summed E-state index contributed by atoms with van der Waals surface area (Å²) in [5.74, 6) is 0.213. The molecule has 7 N–H and O–H groups in total. The van der Waals surface area contributed by atoms with E-state index in [0.717, 1.165) is 0 Å². The Hall–Kier alpha value is -2.82. The van der Waals surface area contributed by atoms with Crippen molar-refractivity contribution in [3.8, 4) is 0 Å². The lowest BCUT2D eigenvalue weighted by molar-refractivity contribution is 0.0512. The zero-order valence-corrected chi connectivity index (χ0v) is 12.0. The maximum Gasteiger partial charge on any atom is 0.378 e. The summed E-state index contributed by atoms with van der Waals surface area (Å²) in [6.07, 6.45) is 0. The summed E-state index contributed by atoms with van der Waals surface area (Å²) in [6.45, 7) is 5.49. The SMILES string of the molecule is C.CCOC(=O)c1n[nH]c(C)n1.Cc1nc(C(N)=O)n[nH]1.N. The van der Waals surface area contributed by atoms with Crippen LogP contribution in [0.25, 0.3) is 0 Å². The van der Waals surface area contributed by atoms with Crippen LogP contribution in [0.1, 0.15) is 47.2 Å². The van der Waals surface area contributed by atoms with Crippen LogP contribution < -0.4 is 11.9 Å². The molecular weight excluding hydrogens is 292 g/mol. The van der Waals surface area contributed by atoms with Gasteiger partial charge in [-0.15, -0.1) is 10.2 Å². The lowest BCUT2D eigenvalue weighted by Crippen LogP contribution is -2.12. The van der Waals surface area contributed by atoms with E-state index in [2.05, 4.69) is 35.1 Å². The maximum atomic E-state index is 10.9. The quantitative estimate of drug-likeness (QED) is 0.581. The molecule has 11 heteroatoms. The van der Waals surface area contributed by atoms with Gasteiger partial charge in [0.25, 0.3) is 11.7 Å². The molecule has 0 unspecified atom stereocenters. The maximum absolute atomic E-state index is 10.9. The van der Waals surface area contributed by atoms with Gasteiger partial charge in [-0.05, 0) is 20.8 Å². The second-order valence-electron chi connectivity index (χ2n) is 3.57. The molecule has 0 radical (unpaired) electrons. The third kappa shape index (κ3) is 6.56. The molecule has 0 atom stereocenters. The molecule has 22 heavy (non-hydrogen) atoms. The highest BCUT2D eigenvalue weighted by Crippen LogP contribution is 1.93. The van der Waals surface area contributed by atoms with Crippen LogP contribution in [0, 0.1) is 13.8 Å². The lowest BCUT2D eigenvalue weighted by Gasteiger charge is -1.93. The van der Waals surface area contributed by atoms with Crippen LogP contribution in [0.4, 0.5) is 0 Å². The monoisotopic (exact) mass is 314 g/mol. The molecular formula is C11H22N8O3. The topological polar surface area (TPSA) is 188 Å². The van der Waals surface area contributed by atoms with E-state index < -0.39 is 11.9 Å². The summed E-state index contributed by atoms with van der Waals surface area (Å²) in [7, 11) is 0. The van der Waals surface area contributed by atoms with Gasteiger partial charge in [-0.1, -0.05) is 7.43 Å². The molecule has 0 saturated heterocycles. The molecule has 11 nitrogen and oxygen atoms in total. The first-order valence-corrected chi connectivity index (χ1v) is 5.69. The standard InChI is InChI=1S/C6H9N3O2.C4H6N4O.CH4.H3N/c1-3-11-6(10)5-7-4(2)8-9-5;1-2-6-4(3(5)9)8-7-2;;/h3H2,1-2H3,(H,7,8,9);1H3,(H2,5,9)(H,6,7,8);1H4;1H3. The Balaban J connectivity index is 0. The molecule has 0 aromatic carbocycles. The molecule has 1 amide bonds. The van der Waals surface area contributed by atoms with E-state index in [-0.39, 0.29) is 25.2 Å². The highest BCUT2D eigenvalue weighted by atomic mass is 16.5. The third-order valence-electron chi connectivity index (χ3n) is 1.87. The number of amides is 1. The van der Waals surface area contributed by atoms with E-state index in [9.17, 15) is 9.59 Å². The Kier molecular flexibility index (Phi) is 9.75. The highest BCUT2D eigenvalue weighted by molar-refractivity contribution is 5.88. The number of hydrogen-bond acceptors (Lipinski definition) is 8. The van der Waals surface area contributed by atoms with Crippen LogP contribution in [0.5, 0.6) is 0 Å². The molecule has 124 valence electrons. The number of hydrogen-bond donors (Lipinski definition) is 4. The van der Waals surface area contributed by atoms with E-state index in [1.165, 1.54) is 0 Å². The summed E-state index contributed by atoms with van der Waals surface area (Å²) in [6, 6.07) is 0. The number of nitrogens with two attached hydrogens (primary N) is 1. The number of aromatic amines is 2. The van der Waals surface area contributed by atoms with Crippen molar-refractivity contribution in [1.29, 1.82) is 0 Å². The number of primary amides is 1. The van der Waals surface area contributed by atoms with E-state index in [4.69, 9.17) is 5.73 Å². The number of H-pyrrole nitrogens is 2. The smallest absolute Gasteiger partial charge is 0.378 e. The van der Waals surface area contributed by atoms with Crippen LogP contribution >= 0.6 is 0 Å². The second kappa shape index (κ2) is 9.99. The Morgan fingerprint density at radius 3 is 1.82 bits per heavy atom. The van der Waals surface area contributed by atoms with Crippen molar-refractivity contribution in [2.75, 3.05) is 6.61 Å². The van der Waals surface area contributed by atoms with Gasteiger partial charge in [0.2, 0.25) is 5.82 Å². The van der Waals surface area contributed by atoms with E-state index in [1.807, 2.05) is 0 Å². The fraction of sp³-hybridized carbons (Fsp3) is 0.455. The van der Waals surface area contributed by atoms with Gasteiger partial charge < -0.3 is 16.6 Å². The normalized spacial score (nSPS) is 8.68. The van der Waals surface area contributed by atoms with Gasteiger partial charge in [0.1, 0.15) is 11.6 Å². The number of aryl methyl sites for hydroxylation is 2. The molecule has 0 aliphatic heterocycles. The fourth-order valence-electron chi connectivity index (χ4n) is 1.08.